The molecule has 2 atom stereocenters. The van der Waals surface area contributed by atoms with Crippen molar-refractivity contribution in [2.75, 3.05) is 6.54 Å². The largest absolute Gasteiger partial charge is 0.490 e. The maximum atomic E-state index is 11.4. The summed E-state index contributed by atoms with van der Waals surface area (Å²) in [5.41, 5.74) is 5.39. The van der Waals surface area contributed by atoms with E-state index in [-0.39, 0.29) is 5.91 Å². The first-order valence-electron chi connectivity index (χ1n) is 5.57. The Bertz CT molecular complexity index is 384. The van der Waals surface area contributed by atoms with Crippen LogP contribution in [0.3, 0.4) is 0 Å². The molecule has 0 unspecified atom stereocenters. The Hall–Kier alpha value is -1.84. The number of carboxylic acids is 2. The number of likely N-dealkylation sites (tertiary alicyclic amines) is 1. The van der Waals surface area contributed by atoms with E-state index in [4.69, 9.17) is 20.7 Å². The number of hydrogen-bond acceptors (Lipinski definition) is 4. The zero-order valence-corrected chi connectivity index (χ0v) is 10.6. The predicted octanol–water partition coefficient (Wildman–Crippen LogP) is 0.0425. The summed E-state index contributed by atoms with van der Waals surface area (Å²) >= 11 is 0. The van der Waals surface area contributed by atoms with Gasteiger partial charge in [-0.15, -0.1) is 0 Å². The highest BCUT2D eigenvalue weighted by Crippen LogP contribution is 2.17. The Labute approximate surface area is 112 Å². The second-order valence-electron chi connectivity index (χ2n) is 4.12. The third-order valence-electron chi connectivity index (χ3n) is 2.45. The molecule has 1 aliphatic rings. The molecule has 0 spiro atoms. The smallest absolute Gasteiger partial charge is 0.480 e. The van der Waals surface area contributed by atoms with Crippen LogP contribution in [-0.2, 0) is 14.4 Å². The van der Waals surface area contributed by atoms with Gasteiger partial charge < -0.3 is 20.8 Å². The van der Waals surface area contributed by atoms with E-state index >= 15 is 0 Å². The molecule has 0 saturated carbocycles. The fourth-order valence-electron chi connectivity index (χ4n) is 1.55. The molecule has 0 aromatic rings. The monoisotopic (exact) mass is 300 g/mol. The molecule has 0 aliphatic carbocycles. The number of aliphatic carboxylic acids is 2. The second-order valence-corrected chi connectivity index (χ2v) is 4.12. The van der Waals surface area contributed by atoms with Crippen LogP contribution in [0.15, 0.2) is 0 Å². The van der Waals surface area contributed by atoms with E-state index in [1.807, 2.05) is 0 Å². The van der Waals surface area contributed by atoms with E-state index in [0.29, 0.717) is 13.0 Å². The van der Waals surface area contributed by atoms with Gasteiger partial charge in [0.05, 0.1) is 6.04 Å². The normalized spacial score (nSPS) is 19.9. The molecular weight excluding hydrogens is 285 g/mol. The van der Waals surface area contributed by atoms with Crippen molar-refractivity contribution in [1.29, 1.82) is 0 Å². The fraction of sp³-hybridized carbons (Fsp3) is 0.700. The standard InChI is InChI=1S/C8H14N2O3.C2HF3O2/c1-5(9)7(11)10-4-2-3-6(10)8(12)13;3-2(4,5)1(6)7/h5-6H,2-4,9H2,1H3,(H,12,13);(H,6,7)/t5-,6+;/m0./s1. The fourth-order valence-corrected chi connectivity index (χ4v) is 1.55. The lowest BCUT2D eigenvalue weighted by molar-refractivity contribution is -0.192. The number of carboxylic acid groups (broad SMARTS) is 2. The lowest BCUT2D eigenvalue weighted by atomic mass is 10.2. The van der Waals surface area contributed by atoms with Crippen molar-refractivity contribution in [3.05, 3.63) is 0 Å². The van der Waals surface area contributed by atoms with E-state index in [9.17, 15) is 22.8 Å². The Morgan fingerprint density at radius 3 is 2.05 bits per heavy atom. The number of rotatable bonds is 2. The van der Waals surface area contributed by atoms with E-state index in [1.165, 1.54) is 4.90 Å². The van der Waals surface area contributed by atoms with Crippen LogP contribution in [0.4, 0.5) is 13.2 Å². The number of carbonyl (C=O) groups is 3. The van der Waals surface area contributed by atoms with Crippen LogP contribution in [0.2, 0.25) is 0 Å². The van der Waals surface area contributed by atoms with Crippen LogP contribution in [0.1, 0.15) is 19.8 Å². The molecule has 10 heteroatoms. The van der Waals surface area contributed by atoms with Crippen molar-refractivity contribution in [2.45, 2.75) is 38.0 Å². The number of amides is 1. The van der Waals surface area contributed by atoms with Crippen molar-refractivity contribution in [1.82, 2.24) is 4.90 Å². The summed E-state index contributed by atoms with van der Waals surface area (Å²) in [5, 5.41) is 15.9. The molecule has 0 bridgehead atoms. The van der Waals surface area contributed by atoms with Crippen LogP contribution in [0, 0.1) is 0 Å². The molecule has 20 heavy (non-hydrogen) atoms. The number of nitrogens with zero attached hydrogens (tertiary/aromatic N) is 1. The number of alkyl halides is 3. The van der Waals surface area contributed by atoms with Crippen molar-refractivity contribution in [3.63, 3.8) is 0 Å². The quantitative estimate of drug-likeness (QED) is 0.662. The molecular formula is C10H15F3N2O5. The molecule has 1 aliphatic heterocycles. The lowest BCUT2D eigenvalue weighted by Crippen LogP contribution is -2.47. The third-order valence-corrected chi connectivity index (χ3v) is 2.45. The molecule has 0 aromatic carbocycles. The van der Waals surface area contributed by atoms with Gasteiger partial charge in [0.25, 0.3) is 0 Å². The van der Waals surface area contributed by atoms with Gasteiger partial charge in [0.2, 0.25) is 5.91 Å². The SMILES string of the molecule is C[C@H](N)C(=O)N1CCC[C@@H]1C(=O)O.O=C(O)C(F)(F)F. The molecule has 1 fully saturated rings. The maximum absolute atomic E-state index is 11.4. The summed E-state index contributed by atoms with van der Waals surface area (Å²) in [4.78, 5) is 32.4. The van der Waals surface area contributed by atoms with Gasteiger partial charge in [0.15, 0.2) is 0 Å². The Morgan fingerprint density at radius 1 is 1.30 bits per heavy atom. The van der Waals surface area contributed by atoms with Crippen LogP contribution in [0.5, 0.6) is 0 Å². The van der Waals surface area contributed by atoms with E-state index in [1.54, 1.807) is 6.92 Å². The number of halogens is 3. The molecule has 0 aromatic heterocycles. The van der Waals surface area contributed by atoms with Gasteiger partial charge in [0, 0.05) is 6.54 Å². The average Bonchev–Trinajstić information content (AvgIpc) is 2.75. The van der Waals surface area contributed by atoms with Crippen LogP contribution in [-0.4, -0.2) is 57.8 Å². The number of carbonyl (C=O) groups excluding carboxylic acids is 1. The molecule has 4 N–H and O–H groups in total. The minimum atomic E-state index is -5.08. The summed E-state index contributed by atoms with van der Waals surface area (Å²) in [5.74, 6) is -3.97. The topological polar surface area (TPSA) is 121 Å². The summed E-state index contributed by atoms with van der Waals surface area (Å²) in [7, 11) is 0. The minimum Gasteiger partial charge on any atom is -0.480 e. The van der Waals surface area contributed by atoms with E-state index in [0.717, 1.165) is 6.42 Å². The predicted molar refractivity (Wildman–Crippen MR) is 59.7 cm³/mol. The highest BCUT2D eigenvalue weighted by atomic mass is 19.4. The van der Waals surface area contributed by atoms with Crippen molar-refractivity contribution in [3.8, 4) is 0 Å². The minimum absolute atomic E-state index is 0.273. The molecule has 116 valence electrons. The lowest BCUT2D eigenvalue weighted by Gasteiger charge is -2.22. The van der Waals surface area contributed by atoms with Gasteiger partial charge in [0.1, 0.15) is 6.04 Å². The molecule has 1 rings (SSSR count). The Balaban J connectivity index is 0.000000441. The van der Waals surface area contributed by atoms with Gasteiger partial charge >= 0.3 is 18.1 Å². The van der Waals surface area contributed by atoms with Gasteiger partial charge in [-0.3, -0.25) is 4.79 Å². The highest BCUT2D eigenvalue weighted by molar-refractivity contribution is 5.87. The first kappa shape index (κ1) is 18.2. The van der Waals surface area contributed by atoms with Gasteiger partial charge in [-0.25, -0.2) is 9.59 Å². The summed E-state index contributed by atoms with van der Waals surface area (Å²) in [6.45, 7) is 2.08. The average molecular weight is 300 g/mol. The number of nitrogens with two attached hydrogens (primary N) is 1. The van der Waals surface area contributed by atoms with Crippen molar-refractivity contribution in [2.24, 2.45) is 5.73 Å². The Kier molecular flexibility index (Phi) is 6.43. The maximum Gasteiger partial charge on any atom is 0.490 e. The van der Waals surface area contributed by atoms with Crippen molar-refractivity contribution >= 4 is 17.8 Å². The summed E-state index contributed by atoms with van der Waals surface area (Å²) in [6.07, 6.45) is -3.80. The molecule has 1 heterocycles. The number of hydrogen-bond donors (Lipinski definition) is 3. The van der Waals surface area contributed by atoms with Crippen LogP contribution in [0.25, 0.3) is 0 Å². The summed E-state index contributed by atoms with van der Waals surface area (Å²) < 4.78 is 31.7. The van der Waals surface area contributed by atoms with Gasteiger partial charge in [-0.2, -0.15) is 13.2 Å². The van der Waals surface area contributed by atoms with Crippen LogP contribution < -0.4 is 5.73 Å². The van der Waals surface area contributed by atoms with Crippen molar-refractivity contribution < 1.29 is 37.8 Å². The van der Waals surface area contributed by atoms with E-state index in [2.05, 4.69) is 0 Å². The second kappa shape index (κ2) is 7.08. The molecule has 1 amide bonds. The van der Waals surface area contributed by atoms with Crippen LogP contribution >= 0.6 is 0 Å². The first-order valence-corrected chi connectivity index (χ1v) is 5.57. The Morgan fingerprint density at radius 2 is 1.75 bits per heavy atom. The zero-order chi connectivity index (χ0) is 16.1. The van der Waals surface area contributed by atoms with E-state index < -0.39 is 30.2 Å². The zero-order valence-electron chi connectivity index (χ0n) is 10.6. The third kappa shape index (κ3) is 5.43. The van der Waals surface area contributed by atoms with Gasteiger partial charge in [-0.1, -0.05) is 0 Å². The first-order chi connectivity index (χ1) is 8.98. The highest BCUT2D eigenvalue weighted by Gasteiger charge is 2.38. The molecule has 1 saturated heterocycles. The molecule has 0 radical (unpaired) electrons. The van der Waals surface area contributed by atoms with Gasteiger partial charge in [-0.05, 0) is 19.8 Å². The summed E-state index contributed by atoms with van der Waals surface area (Å²) in [6, 6.07) is -1.28. The molecule has 7 nitrogen and oxygen atoms in total.